The molecule has 1 aliphatic rings. The summed E-state index contributed by atoms with van der Waals surface area (Å²) in [5, 5.41) is 7.61. The molecule has 0 radical (unpaired) electrons. The van der Waals surface area contributed by atoms with Gasteiger partial charge < -0.3 is 14.8 Å². The molecule has 5 rings (SSSR count). The van der Waals surface area contributed by atoms with Crippen molar-refractivity contribution in [2.45, 2.75) is 39.3 Å². The number of nitrogens with zero attached hydrogens (tertiary/aromatic N) is 3. The molecule has 0 spiro atoms. The summed E-state index contributed by atoms with van der Waals surface area (Å²) < 4.78 is 13.2. The molecule has 1 amide bonds. The van der Waals surface area contributed by atoms with Crippen molar-refractivity contribution in [3.8, 4) is 28.3 Å². The van der Waals surface area contributed by atoms with Gasteiger partial charge in [0.1, 0.15) is 23.7 Å². The fourth-order valence-electron chi connectivity index (χ4n) is 4.01. The highest BCUT2D eigenvalue weighted by molar-refractivity contribution is 5.82. The number of alkyl carbamates (subject to hydrolysis) is 1. The van der Waals surface area contributed by atoms with Gasteiger partial charge in [-0.25, -0.2) is 14.3 Å². The van der Waals surface area contributed by atoms with Crippen LogP contribution in [-0.4, -0.2) is 32.9 Å². The Hall–Kier alpha value is -3.87. The first-order valence-corrected chi connectivity index (χ1v) is 11.0. The second-order valence-electron chi connectivity index (χ2n) is 9.18. The van der Waals surface area contributed by atoms with Gasteiger partial charge in [0, 0.05) is 16.7 Å². The van der Waals surface area contributed by atoms with Gasteiger partial charge in [-0.05, 0) is 45.9 Å². The van der Waals surface area contributed by atoms with E-state index in [1.54, 1.807) is 0 Å². The molecular formula is C26H26N4O3. The molecule has 0 bridgehead atoms. The molecule has 0 saturated carbocycles. The van der Waals surface area contributed by atoms with Crippen LogP contribution in [0.15, 0.2) is 60.7 Å². The maximum absolute atomic E-state index is 12.2. The van der Waals surface area contributed by atoms with Gasteiger partial charge >= 0.3 is 6.09 Å². The number of benzene rings is 2. The molecule has 0 aliphatic carbocycles. The number of amides is 1. The second-order valence-corrected chi connectivity index (χ2v) is 9.18. The van der Waals surface area contributed by atoms with E-state index in [0.29, 0.717) is 6.61 Å². The molecule has 7 nitrogen and oxygen atoms in total. The molecule has 3 heterocycles. The highest BCUT2D eigenvalue weighted by atomic mass is 16.6. The standard InChI is InChI=1S/C26H26N4O3/c1-16-10-13-22-28-23(24(30(22)29-16)17-8-6-5-7-9-17)18-11-12-19-20(15-32-21(19)14-18)27-25(31)33-26(2,3)4/h5-14,20H,15H2,1-4H3,(H,27,31)/t20-/m0/s1. The zero-order valence-corrected chi connectivity index (χ0v) is 19.1. The van der Waals surface area contributed by atoms with E-state index >= 15 is 0 Å². The SMILES string of the molecule is Cc1ccc2nc(-c3ccc4c(c3)OC[C@@H]4NC(=O)OC(C)(C)C)c(-c3ccccc3)n2n1. The molecular weight excluding hydrogens is 416 g/mol. The Kier molecular flexibility index (Phi) is 5.04. The summed E-state index contributed by atoms with van der Waals surface area (Å²) >= 11 is 0. The lowest BCUT2D eigenvalue weighted by Gasteiger charge is -2.21. The first-order valence-electron chi connectivity index (χ1n) is 11.0. The van der Waals surface area contributed by atoms with Gasteiger partial charge in [-0.2, -0.15) is 5.10 Å². The van der Waals surface area contributed by atoms with Crippen molar-refractivity contribution < 1.29 is 14.3 Å². The Balaban J connectivity index is 1.53. The zero-order chi connectivity index (χ0) is 23.2. The van der Waals surface area contributed by atoms with Crippen molar-refractivity contribution in [3.63, 3.8) is 0 Å². The lowest BCUT2D eigenvalue weighted by atomic mass is 10.0. The predicted molar refractivity (Wildman–Crippen MR) is 126 cm³/mol. The molecule has 168 valence electrons. The molecule has 1 atom stereocenters. The quantitative estimate of drug-likeness (QED) is 0.464. The number of carbonyl (C=O) groups is 1. The number of nitrogens with one attached hydrogen (secondary N) is 1. The number of carbonyl (C=O) groups excluding carboxylic acids is 1. The normalized spacial score (nSPS) is 15.2. The molecule has 2 aromatic carbocycles. The third-order valence-electron chi connectivity index (χ3n) is 5.42. The Morgan fingerprint density at radius 2 is 1.88 bits per heavy atom. The summed E-state index contributed by atoms with van der Waals surface area (Å²) in [6.45, 7) is 7.85. The van der Waals surface area contributed by atoms with Gasteiger partial charge in [-0.1, -0.05) is 42.5 Å². The number of aryl methyl sites for hydroxylation is 1. The zero-order valence-electron chi connectivity index (χ0n) is 19.1. The first kappa shape index (κ1) is 21.0. The smallest absolute Gasteiger partial charge is 0.408 e. The van der Waals surface area contributed by atoms with Crippen LogP contribution in [0.4, 0.5) is 4.79 Å². The fraction of sp³-hybridized carbons (Fsp3) is 0.269. The van der Waals surface area contributed by atoms with Crippen LogP contribution in [0.3, 0.4) is 0 Å². The van der Waals surface area contributed by atoms with E-state index in [1.165, 1.54) is 0 Å². The van der Waals surface area contributed by atoms with E-state index in [4.69, 9.17) is 19.6 Å². The Labute approximate surface area is 192 Å². The number of fused-ring (bicyclic) bond motifs is 2. The Morgan fingerprint density at radius 1 is 1.09 bits per heavy atom. The Morgan fingerprint density at radius 3 is 2.64 bits per heavy atom. The highest BCUT2D eigenvalue weighted by Gasteiger charge is 2.29. The van der Waals surface area contributed by atoms with Crippen LogP contribution >= 0.6 is 0 Å². The number of rotatable bonds is 3. The van der Waals surface area contributed by atoms with Gasteiger partial charge in [0.2, 0.25) is 0 Å². The molecule has 0 saturated heterocycles. The van der Waals surface area contributed by atoms with E-state index in [0.717, 1.165) is 45.2 Å². The van der Waals surface area contributed by atoms with Crippen molar-refractivity contribution in [1.82, 2.24) is 19.9 Å². The minimum atomic E-state index is -0.556. The summed E-state index contributed by atoms with van der Waals surface area (Å²) in [4.78, 5) is 17.1. The van der Waals surface area contributed by atoms with Gasteiger partial charge in [0.05, 0.1) is 17.4 Å². The average molecular weight is 443 g/mol. The maximum Gasteiger partial charge on any atom is 0.408 e. The monoisotopic (exact) mass is 442 g/mol. The predicted octanol–water partition coefficient (Wildman–Crippen LogP) is 5.33. The van der Waals surface area contributed by atoms with Gasteiger partial charge in [0.25, 0.3) is 0 Å². The van der Waals surface area contributed by atoms with Crippen LogP contribution in [0.2, 0.25) is 0 Å². The van der Waals surface area contributed by atoms with Crippen LogP contribution < -0.4 is 10.1 Å². The third-order valence-corrected chi connectivity index (χ3v) is 5.42. The van der Waals surface area contributed by atoms with Gasteiger partial charge in [-0.3, -0.25) is 0 Å². The molecule has 1 aliphatic heterocycles. The van der Waals surface area contributed by atoms with Gasteiger partial charge in [-0.15, -0.1) is 0 Å². The fourth-order valence-corrected chi connectivity index (χ4v) is 4.01. The van der Waals surface area contributed by atoms with Crippen LogP contribution in [0.25, 0.3) is 28.2 Å². The molecule has 33 heavy (non-hydrogen) atoms. The second kappa shape index (κ2) is 7.92. The van der Waals surface area contributed by atoms with Crippen LogP contribution in [0.1, 0.15) is 38.1 Å². The van der Waals surface area contributed by atoms with Crippen LogP contribution in [-0.2, 0) is 4.74 Å². The summed E-state index contributed by atoms with van der Waals surface area (Å²) in [6.07, 6.45) is -0.457. The summed E-state index contributed by atoms with van der Waals surface area (Å²) in [5.41, 5.74) is 5.77. The molecule has 2 aromatic heterocycles. The minimum Gasteiger partial charge on any atom is -0.491 e. The molecule has 7 heteroatoms. The van der Waals surface area contributed by atoms with Crippen LogP contribution in [0.5, 0.6) is 5.75 Å². The number of hydrogen-bond acceptors (Lipinski definition) is 5. The summed E-state index contributed by atoms with van der Waals surface area (Å²) in [7, 11) is 0. The maximum atomic E-state index is 12.2. The number of imidazole rings is 1. The number of hydrogen-bond donors (Lipinski definition) is 1. The average Bonchev–Trinajstić information content (AvgIpc) is 3.33. The largest absolute Gasteiger partial charge is 0.491 e. The lowest BCUT2D eigenvalue weighted by Crippen LogP contribution is -2.35. The van der Waals surface area contributed by atoms with E-state index in [1.807, 2.05) is 80.7 Å². The topological polar surface area (TPSA) is 77.8 Å². The van der Waals surface area contributed by atoms with E-state index in [9.17, 15) is 4.79 Å². The summed E-state index contributed by atoms with van der Waals surface area (Å²) in [6, 6.07) is 19.8. The minimum absolute atomic E-state index is 0.261. The highest BCUT2D eigenvalue weighted by Crippen LogP contribution is 2.39. The van der Waals surface area contributed by atoms with E-state index < -0.39 is 11.7 Å². The molecule has 0 unspecified atom stereocenters. The van der Waals surface area contributed by atoms with E-state index in [-0.39, 0.29) is 6.04 Å². The van der Waals surface area contributed by atoms with Crippen LogP contribution in [0, 0.1) is 6.92 Å². The van der Waals surface area contributed by atoms with Crippen molar-refractivity contribution in [1.29, 1.82) is 0 Å². The molecule has 1 N–H and O–H groups in total. The van der Waals surface area contributed by atoms with Crippen molar-refractivity contribution >= 4 is 11.7 Å². The summed E-state index contributed by atoms with van der Waals surface area (Å²) in [5.74, 6) is 0.730. The van der Waals surface area contributed by atoms with Crippen molar-refractivity contribution in [2.75, 3.05) is 6.61 Å². The molecule has 4 aromatic rings. The number of ether oxygens (including phenoxy) is 2. The van der Waals surface area contributed by atoms with Crippen molar-refractivity contribution in [3.05, 3.63) is 71.9 Å². The van der Waals surface area contributed by atoms with Crippen molar-refractivity contribution in [2.24, 2.45) is 0 Å². The van der Waals surface area contributed by atoms with Gasteiger partial charge in [0.15, 0.2) is 5.65 Å². The number of aromatic nitrogens is 3. The van der Waals surface area contributed by atoms with E-state index in [2.05, 4.69) is 17.4 Å². The lowest BCUT2D eigenvalue weighted by molar-refractivity contribution is 0.0497. The Bertz CT molecular complexity index is 1340. The first-order chi connectivity index (χ1) is 15.8. The molecule has 0 fully saturated rings. The third kappa shape index (κ3) is 4.14.